The number of carbonyl (C=O) groups excluding carboxylic acids is 1. The lowest BCUT2D eigenvalue weighted by Gasteiger charge is -2.46. The van der Waals surface area contributed by atoms with Crippen LogP contribution in [0.1, 0.15) is 38.3 Å². The molecular formula is C15H23N3O2S. The van der Waals surface area contributed by atoms with Gasteiger partial charge in [0.25, 0.3) is 0 Å². The normalized spacial score (nSPS) is 25.9. The average Bonchev–Trinajstić information content (AvgIpc) is 2.94. The van der Waals surface area contributed by atoms with Gasteiger partial charge in [0.2, 0.25) is 5.91 Å². The highest BCUT2D eigenvalue weighted by atomic mass is 32.1. The smallest absolute Gasteiger partial charge is 0.217 e. The monoisotopic (exact) mass is 309 g/mol. The van der Waals surface area contributed by atoms with E-state index in [-0.39, 0.29) is 17.6 Å². The van der Waals surface area contributed by atoms with Gasteiger partial charge in [0.05, 0.1) is 16.8 Å². The second kappa shape index (κ2) is 6.42. The first-order chi connectivity index (χ1) is 10.2. The molecule has 6 heteroatoms. The van der Waals surface area contributed by atoms with Crippen molar-refractivity contribution in [3.63, 3.8) is 0 Å². The summed E-state index contributed by atoms with van der Waals surface area (Å²) < 4.78 is 6.11. The summed E-state index contributed by atoms with van der Waals surface area (Å²) in [7, 11) is 0. The van der Waals surface area contributed by atoms with Crippen molar-refractivity contribution in [1.29, 1.82) is 0 Å². The zero-order valence-corrected chi connectivity index (χ0v) is 13.3. The number of amides is 1. The standard InChI is InChI=1S/C15H23N3O2S/c1-12(19)17-13-2-7-20-15(8-13)3-5-18(6-4-15)9-14-10-21-11-16-14/h10-11,13H,2-9H2,1H3,(H,17,19). The van der Waals surface area contributed by atoms with E-state index in [2.05, 4.69) is 20.6 Å². The van der Waals surface area contributed by atoms with E-state index in [4.69, 9.17) is 4.74 Å². The number of nitrogens with one attached hydrogen (secondary N) is 1. The molecule has 2 saturated heterocycles. The molecule has 21 heavy (non-hydrogen) atoms. The number of nitrogens with zero attached hydrogens (tertiary/aromatic N) is 2. The number of aromatic nitrogens is 1. The summed E-state index contributed by atoms with van der Waals surface area (Å²) in [6.07, 6.45) is 3.99. The Balaban J connectivity index is 1.52. The molecule has 1 aromatic heterocycles. The Kier molecular flexibility index (Phi) is 4.57. The number of hydrogen-bond acceptors (Lipinski definition) is 5. The van der Waals surface area contributed by atoms with Crippen LogP contribution in [0.4, 0.5) is 0 Å². The van der Waals surface area contributed by atoms with Crippen molar-refractivity contribution in [2.75, 3.05) is 19.7 Å². The van der Waals surface area contributed by atoms with Crippen LogP contribution in [-0.4, -0.2) is 47.1 Å². The number of thiazole rings is 1. The molecule has 1 N–H and O–H groups in total. The molecule has 5 nitrogen and oxygen atoms in total. The minimum absolute atomic E-state index is 0.0239. The van der Waals surface area contributed by atoms with Crippen molar-refractivity contribution in [3.8, 4) is 0 Å². The van der Waals surface area contributed by atoms with Crippen molar-refractivity contribution in [1.82, 2.24) is 15.2 Å². The molecule has 1 unspecified atom stereocenters. The largest absolute Gasteiger partial charge is 0.375 e. The fraction of sp³-hybridized carbons (Fsp3) is 0.733. The second-order valence-electron chi connectivity index (χ2n) is 6.18. The highest BCUT2D eigenvalue weighted by Gasteiger charge is 2.40. The summed E-state index contributed by atoms with van der Waals surface area (Å²) in [5.74, 6) is 0.0676. The Morgan fingerprint density at radius 3 is 3.05 bits per heavy atom. The SMILES string of the molecule is CC(=O)NC1CCOC2(CCN(Cc3cscn3)CC2)C1. The first kappa shape index (κ1) is 14.9. The van der Waals surface area contributed by atoms with Crippen LogP contribution in [0.15, 0.2) is 10.9 Å². The van der Waals surface area contributed by atoms with Gasteiger partial charge in [0, 0.05) is 44.6 Å². The maximum Gasteiger partial charge on any atom is 0.217 e. The first-order valence-electron chi connectivity index (χ1n) is 7.66. The van der Waals surface area contributed by atoms with E-state index in [0.29, 0.717) is 0 Å². The molecule has 2 aliphatic heterocycles. The fourth-order valence-corrected chi connectivity index (χ4v) is 4.00. The Hall–Kier alpha value is -0.980. The molecular weight excluding hydrogens is 286 g/mol. The minimum Gasteiger partial charge on any atom is -0.375 e. The minimum atomic E-state index is -0.0239. The van der Waals surface area contributed by atoms with Gasteiger partial charge in [-0.05, 0) is 25.7 Å². The number of ether oxygens (including phenoxy) is 1. The summed E-state index contributed by atoms with van der Waals surface area (Å²) in [4.78, 5) is 18.1. The Bertz CT molecular complexity index is 469. The van der Waals surface area contributed by atoms with Crippen LogP contribution in [0.25, 0.3) is 0 Å². The van der Waals surface area contributed by atoms with E-state index in [1.54, 1.807) is 18.3 Å². The van der Waals surface area contributed by atoms with E-state index < -0.39 is 0 Å². The van der Waals surface area contributed by atoms with Gasteiger partial charge in [0.15, 0.2) is 0 Å². The van der Waals surface area contributed by atoms with Crippen molar-refractivity contribution in [3.05, 3.63) is 16.6 Å². The van der Waals surface area contributed by atoms with Gasteiger partial charge in [-0.2, -0.15) is 0 Å². The number of rotatable bonds is 3. The van der Waals surface area contributed by atoms with E-state index in [1.807, 2.05) is 5.51 Å². The van der Waals surface area contributed by atoms with Gasteiger partial charge < -0.3 is 10.1 Å². The third kappa shape index (κ3) is 3.81. The van der Waals surface area contributed by atoms with Crippen LogP contribution in [-0.2, 0) is 16.1 Å². The topological polar surface area (TPSA) is 54.5 Å². The lowest BCUT2D eigenvalue weighted by molar-refractivity contribution is -0.130. The molecule has 116 valence electrons. The third-order valence-electron chi connectivity index (χ3n) is 4.54. The molecule has 3 rings (SSSR count). The molecule has 1 spiro atoms. The van der Waals surface area contributed by atoms with Crippen LogP contribution >= 0.6 is 11.3 Å². The lowest BCUT2D eigenvalue weighted by Crippen LogP contribution is -2.53. The summed E-state index contributed by atoms with van der Waals surface area (Å²) in [5, 5.41) is 5.18. The lowest BCUT2D eigenvalue weighted by atomic mass is 9.82. The van der Waals surface area contributed by atoms with Crippen LogP contribution in [0.2, 0.25) is 0 Å². The van der Waals surface area contributed by atoms with Gasteiger partial charge in [-0.15, -0.1) is 11.3 Å². The molecule has 0 saturated carbocycles. The number of likely N-dealkylation sites (tertiary alicyclic amines) is 1. The van der Waals surface area contributed by atoms with E-state index >= 15 is 0 Å². The van der Waals surface area contributed by atoms with Gasteiger partial charge >= 0.3 is 0 Å². The number of piperidine rings is 1. The molecule has 3 heterocycles. The van der Waals surface area contributed by atoms with Crippen molar-refractivity contribution < 1.29 is 9.53 Å². The van der Waals surface area contributed by atoms with Crippen molar-refractivity contribution in [2.24, 2.45) is 0 Å². The maximum absolute atomic E-state index is 11.2. The first-order valence-corrected chi connectivity index (χ1v) is 8.60. The van der Waals surface area contributed by atoms with Crippen LogP contribution in [0.5, 0.6) is 0 Å². The van der Waals surface area contributed by atoms with Crippen LogP contribution in [0.3, 0.4) is 0 Å². The summed E-state index contributed by atoms with van der Waals surface area (Å²) in [6, 6.07) is 0.279. The Labute approximate surface area is 129 Å². The second-order valence-corrected chi connectivity index (χ2v) is 6.90. The van der Waals surface area contributed by atoms with Crippen LogP contribution < -0.4 is 5.32 Å². The predicted octanol–water partition coefficient (Wildman–Crippen LogP) is 1.79. The molecule has 0 aliphatic carbocycles. The van der Waals surface area contributed by atoms with Gasteiger partial charge in [-0.3, -0.25) is 9.69 Å². The molecule has 1 atom stereocenters. The molecule has 1 aromatic rings. The van der Waals surface area contributed by atoms with Crippen LogP contribution in [0, 0.1) is 0 Å². The van der Waals surface area contributed by atoms with E-state index in [0.717, 1.165) is 57.6 Å². The zero-order chi connectivity index (χ0) is 14.7. The molecule has 0 radical (unpaired) electrons. The molecule has 2 aliphatic rings. The number of hydrogen-bond donors (Lipinski definition) is 1. The Morgan fingerprint density at radius 2 is 2.38 bits per heavy atom. The van der Waals surface area contributed by atoms with E-state index in [1.165, 1.54) is 0 Å². The summed E-state index contributed by atoms with van der Waals surface area (Å²) in [6.45, 7) is 5.39. The molecule has 2 fully saturated rings. The average molecular weight is 309 g/mol. The van der Waals surface area contributed by atoms with Crippen molar-refractivity contribution in [2.45, 2.75) is 50.8 Å². The van der Waals surface area contributed by atoms with E-state index in [9.17, 15) is 4.79 Å². The quantitative estimate of drug-likeness (QED) is 0.925. The van der Waals surface area contributed by atoms with Gasteiger partial charge in [-0.25, -0.2) is 4.98 Å². The predicted molar refractivity (Wildman–Crippen MR) is 82.1 cm³/mol. The summed E-state index contributed by atoms with van der Waals surface area (Å²) in [5.41, 5.74) is 3.03. The van der Waals surface area contributed by atoms with Crippen molar-refractivity contribution >= 4 is 17.2 Å². The third-order valence-corrected chi connectivity index (χ3v) is 5.17. The highest BCUT2D eigenvalue weighted by Crippen LogP contribution is 2.35. The zero-order valence-electron chi connectivity index (χ0n) is 12.5. The Morgan fingerprint density at radius 1 is 1.57 bits per heavy atom. The molecule has 1 amide bonds. The van der Waals surface area contributed by atoms with Gasteiger partial charge in [-0.1, -0.05) is 0 Å². The maximum atomic E-state index is 11.2. The molecule has 0 aromatic carbocycles. The summed E-state index contributed by atoms with van der Waals surface area (Å²) >= 11 is 1.65. The fourth-order valence-electron chi connectivity index (χ4n) is 3.45. The highest BCUT2D eigenvalue weighted by molar-refractivity contribution is 7.07. The number of carbonyl (C=O) groups is 1. The van der Waals surface area contributed by atoms with Gasteiger partial charge in [0.1, 0.15) is 0 Å². The molecule has 0 bridgehead atoms.